The van der Waals surface area contributed by atoms with Gasteiger partial charge >= 0.3 is 15.6 Å². The van der Waals surface area contributed by atoms with E-state index >= 15 is 0 Å². The molecular formula is C6H14AlO3. The molecule has 1 unspecified atom stereocenters. The Morgan fingerprint density at radius 1 is 1.70 bits per heavy atom. The van der Waals surface area contributed by atoms with Gasteiger partial charge in [-0.15, -0.1) is 0 Å². The van der Waals surface area contributed by atoms with Gasteiger partial charge in [-0.2, -0.15) is 0 Å². The van der Waals surface area contributed by atoms with E-state index in [9.17, 15) is 0 Å². The Morgan fingerprint density at radius 2 is 2.50 bits per heavy atom. The Morgan fingerprint density at radius 3 is 3.00 bits per heavy atom. The molecule has 0 bridgehead atoms. The Bertz CT molecular complexity index is 70.6. The summed E-state index contributed by atoms with van der Waals surface area (Å²) in [6.07, 6.45) is 2.53. The van der Waals surface area contributed by atoms with Crippen LogP contribution in [0.5, 0.6) is 0 Å². The first-order chi connectivity index (χ1) is 4.43. The lowest BCUT2D eigenvalue weighted by molar-refractivity contribution is -0.0857. The van der Waals surface area contributed by atoms with Gasteiger partial charge in [0.1, 0.15) is 6.29 Å². The first-order valence-electron chi connectivity index (χ1n) is 3.52. The van der Waals surface area contributed by atoms with Crippen LogP contribution in [0.15, 0.2) is 0 Å². The van der Waals surface area contributed by atoms with Crippen molar-refractivity contribution in [3.63, 3.8) is 0 Å². The summed E-state index contributed by atoms with van der Waals surface area (Å²) in [6, 6.07) is 0. The van der Waals surface area contributed by atoms with Crippen LogP contribution in [0.25, 0.3) is 0 Å². The standard InChI is InChI=1S/C6H12O2.Al.H2O/c1-3-5-6(7)8-4-2;;/h6H,1,3-5H2,2H3;;1H2/q-1;+1;. The lowest BCUT2D eigenvalue weighted by Crippen LogP contribution is -2.23. The highest BCUT2D eigenvalue weighted by molar-refractivity contribution is 6.27. The normalized spacial score (nSPS) is 24.7. The summed E-state index contributed by atoms with van der Waals surface area (Å²) in [5.74, 6) is 0. The van der Waals surface area contributed by atoms with Crippen LogP contribution in [0.3, 0.4) is 0 Å². The summed E-state index contributed by atoms with van der Waals surface area (Å²) in [5, 5.41) is 1.28. The molecule has 1 heterocycles. The maximum absolute atomic E-state index is 5.38. The van der Waals surface area contributed by atoms with E-state index in [4.69, 9.17) is 8.53 Å². The summed E-state index contributed by atoms with van der Waals surface area (Å²) in [5.41, 5.74) is 0. The van der Waals surface area contributed by atoms with Crippen molar-refractivity contribution in [2.24, 2.45) is 0 Å². The van der Waals surface area contributed by atoms with E-state index in [0.29, 0.717) is 0 Å². The Hall–Kier alpha value is 0.412. The Labute approximate surface area is 68.1 Å². The molecular weight excluding hydrogens is 147 g/mol. The molecule has 0 aromatic heterocycles. The molecule has 1 saturated heterocycles. The van der Waals surface area contributed by atoms with Gasteiger partial charge in [-0.3, -0.25) is 0 Å². The van der Waals surface area contributed by atoms with Gasteiger partial charge in [-0.25, -0.2) is 0 Å². The highest BCUT2D eigenvalue weighted by Gasteiger charge is 2.13. The highest BCUT2D eigenvalue weighted by atomic mass is 27.1. The minimum Gasteiger partial charge on any atom is -0.485 e. The van der Waals surface area contributed by atoms with Gasteiger partial charge in [0.25, 0.3) is 0 Å². The fraction of sp³-hybridized carbons (Fsp3) is 1.00. The van der Waals surface area contributed by atoms with E-state index < -0.39 is 0 Å². The average Bonchev–Trinajstić information content (AvgIpc) is 1.91. The SMILES string of the molecule is CCOC1CC[CH2][Al][O]1.O. The van der Waals surface area contributed by atoms with Crippen molar-refractivity contribution in [3.05, 3.63) is 0 Å². The summed E-state index contributed by atoms with van der Waals surface area (Å²) in [6.45, 7) is 2.79. The van der Waals surface area contributed by atoms with Crippen LogP contribution in [0, 0.1) is 0 Å². The topological polar surface area (TPSA) is 50.0 Å². The summed E-state index contributed by atoms with van der Waals surface area (Å²) in [7, 11) is 0. The third-order valence-corrected chi connectivity index (χ3v) is 2.50. The van der Waals surface area contributed by atoms with Crippen LogP contribution in [0.4, 0.5) is 0 Å². The molecule has 1 aliphatic heterocycles. The molecule has 1 radical (unpaired) electrons. The van der Waals surface area contributed by atoms with Gasteiger partial charge in [0.05, 0.1) is 0 Å². The quantitative estimate of drug-likeness (QED) is 0.549. The summed E-state index contributed by atoms with van der Waals surface area (Å²) < 4.78 is 10.7. The number of hydrogen-bond acceptors (Lipinski definition) is 2. The van der Waals surface area contributed by atoms with Crippen LogP contribution in [0.2, 0.25) is 5.28 Å². The molecule has 2 N–H and O–H groups in total. The molecule has 1 aliphatic rings. The van der Waals surface area contributed by atoms with Crippen molar-refractivity contribution < 1.29 is 14.0 Å². The number of hydrogen-bond donors (Lipinski definition) is 0. The van der Waals surface area contributed by atoms with E-state index in [0.717, 1.165) is 13.0 Å². The van der Waals surface area contributed by atoms with Crippen LogP contribution in [0.1, 0.15) is 19.8 Å². The Kier molecular flexibility index (Phi) is 6.40. The predicted molar refractivity (Wildman–Crippen MR) is 39.9 cm³/mol. The smallest absolute Gasteiger partial charge is 0.426 e. The fourth-order valence-corrected chi connectivity index (χ4v) is 1.89. The van der Waals surface area contributed by atoms with Gasteiger partial charge < -0.3 is 14.0 Å². The number of ether oxygens (including phenoxy) is 1. The number of rotatable bonds is 2. The zero-order chi connectivity index (χ0) is 6.53. The molecule has 0 amide bonds. The monoisotopic (exact) mass is 161 g/mol. The molecule has 4 heteroatoms. The second-order valence-electron chi connectivity index (χ2n) is 2.12. The molecule has 0 spiro atoms. The minimum absolute atomic E-state index is 0. The van der Waals surface area contributed by atoms with Crippen LogP contribution in [-0.4, -0.2) is 33.9 Å². The molecule has 0 aromatic rings. The van der Waals surface area contributed by atoms with E-state index in [1.807, 2.05) is 6.92 Å². The third-order valence-electron chi connectivity index (χ3n) is 1.36. The van der Waals surface area contributed by atoms with E-state index in [2.05, 4.69) is 0 Å². The first-order valence-corrected chi connectivity index (χ1v) is 4.81. The lowest BCUT2D eigenvalue weighted by atomic mass is 10.3. The maximum atomic E-state index is 5.38. The van der Waals surface area contributed by atoms with Crippen molar-refractivity contribution in [2.75, 3.05) is 6.61 Å². The maximum Gasteiger partial charge on any atom is 0.426 e. The van der Waals surface area contributed by atoms with Crippen molar-refractivity contribution in [2.45, 2.75) is 31.3 Å². The van der Waals surface area contributed by atoms with Gasteiger partial charge in [0.2, 0.25) is 0 Å². The largest absolute Gasteiger partial charge is 0.485 e. The predicted octanol–water partition coefficient (Wildman–Crippen LogP) is 0.372. The van der Waals surface area contributed by atoms with Crippen LogP contribution >= 0.6 is 0 Å². The summed E-state index contributed by atoms with van der Waals surface area (Å²) in [4.78, 5) is 0. The average molecular weight is 161 g/mol. The molecule has 0 aromatic carbocycles. The molecule has 10 heavy (non-hydrogen) atoms. The molecule has 59 valence electrons. The van der Waals surface area contributed by atoms with Crippen molar-refractivity contribution in [3.8, 4) is 0 Å². The minimum atomic E-state index is 0. The lowest BCUT2D eigenvalue weighted by Gasteiger charge is -2.22. The molecule has 1 atom stereocenters. The third kappa shape index (κ3) is 3.55. The van der Waals surface area contributed by atoms with Gasteiger partial charge in [-0.1, -0.05) is 11.7 Å². The molecule has 0 aliphatic carbocycles. The first kappa shape index (κ1) is 10.4. The highest BCUT2D eigenvalue weighted by Crippen LogP contribution is 2.12. The second-order valence-corrected chi connectivity index (χ2v) is 3.30. The van der Waals surface area contributed by atoms with E-state index in [-0.39, 0.29) is 27.3 Å². The van der Waals surface area contributed by atoms with Crippen LogP contribution < -0.4 is 0 Å². The summed E-state index contributed by atoms with van der Waals surface area (Å²) >= 11 is 0.241. The van der Waals surface area contributed by atoms with Crippen LogP contribution in [-0.2, 0) is 8.53 Å². The van der Waals surface area contributed by atoms with Gasteiger partial charge in [-0.05, 0) is 13.3 Å². The molecule has 1 rings (SSSR count). The Balaban J connectivity index is 0.000000810. The fourth-order valence-electron chi connectivity index (χ4n) is 0.920. The van der Waals surface area contributed by atoms with Crippen molar-refractivity contribution in [1.82, 2.24) is 0 Å². The molecule has 0 saturated carbocycles. The zero-order valence-electron chi connectivity index (χ0n) is 6.30. The van der Waals surface area contributed by atoms with Crippen molar-refractivity contribution >= 4 is 15.6 Å². The van der Waals surface area contributed by atoms with Crippen molar-refractivity contribution in [1.29, 1.82) is 0 Å². The van der Waals surface area contributed by atoms with Gasteiger partial charge in [0, 0.05) is 6.61 Å². The second kappa shape index (κ2) is 6.14. The van der Waals surface area contributed by atoms with E-state index in [1.165, 1.54) is 11.7 Å². The van der Waals surface area contributed by atoms with Gasteiger partial charge in [0.15, 0.2) is 0 Å². The molecule has 1 fully saturated rings. The molecule has 3 nitrogen and oxygen atoms in total. The van der Waals surface area contributed by atoms with E-state index in [1.54, 1.807) is 0 Å². The zero-order valence-corrected chi connectivity index (χ0v) is 7.45.